The fraction of sp³-hybridized carbons (Fsp3) is 0.500. The number of hydrogen-bond donors (Lipinski definition) is 0. The average molecular weight is 272 g/mol. The Balaban J connectivity index is 3.36. The number of unbranched alkanes of at least 4 members (excludes halogenated alkanes) is 5. The molecule has 0 aromatic heterocycles. The summed E-state index contributed by atoms with van der Waals surface area (Å²) in [5.74, 6) is 0. The summed E-state index contributed by atoms with van der Waals surface area (Å²) in [4.78, 5) is 0. The van der Waals surface area contributed by atoms with Gasteiger partial charge in [-0.05, 0) is 44.9 Å². The van der Waals surface area contributed by atoms with Crippen LogP contribution in [0.1, 0.15) is 64.2 Å². The zero-order valence-electron chi connectivity index (χ0n) is 13.1. The van der Waals surface area contributed by atoms with E-state index in [0.29, 0.717) is 0 Å². The van der Waals surface area contributed by atoms with Crippen molar-refractivity contribution in [3.8, 4) is 0 Å². The molecule has 0 nitrogen and oxygen atoms in total. The molecule has 20 heavy (non-hydrogen) atoms. The SMILES string of the molecule is [CH2]CCC/C=C\C/C=C\C/C=C\C/C=C\CCCC[CH2]. The minimum absolute atomic E-state index is 1.04. The molecule has 0 spiro atoms. The molecule has 0 saturated heterocycles. The summed E-state index contributed by atoms with van der Waals surface area (Å²) in [6, 6.07) is 0. The molecule has 0 rings (SSSR count). The van der Waals surface area contributed by atoms with Crippen molar-refractivity contribution in [3.63, 3.8) is 0 Å². The third-order valence-corrected chi connectivity index (χ3v) is 2.97. The smallest absolute Gasteiger partial charge is 0.0169 e. The van der Waals surface area contributed by atoms with Crippen LogP contribution in [-0.2, 0) is 0 Å². The van der Waals surface area contributed by atoms with Crippen LogP contribution in [0, 0.1) is 13.8 Å². The Hall–Kier alpha value is -1.04. The highest BCUT2D eigenvalue weighted by molar-refractivity contribution is 4.99. The lowest BCUT2D eigenvalue weighted by molar-refractivity contribution is 0.759. The highest BCUT2D eigenvalue weighted by atomic mass is 13.9. The van der Waals surface area contributed by atoms with Gasteiger partial charge in [-0.2, -0.15) is 0 Å². The van der Waals surface area contributed by atoms with Crippen LogP contribution in [0.5, 0.6) is 0 Å². The van der Waals surface area contributed by atoms with E-state index in [1.807, 2.05) is 0 Å². The molecule has 0 N–H and O–H groups in total. The normalized spacial score (nSPS) is 12.7. The first-order chi connectivity index (χ1) is 9.91. The Kier molecular flexibility index (Phi) is 17.0. The van der Waals surface area contributed by atoms with Crippen LogP contribution in [0.4, 0.5) is 0 Å². The second-order valence-electron chi connectivity index (χ2n) is 4.94. The highest BCUT2D eigenvalue weighted by Crippen LogP contribution is 2.01. The summed E-state index contributed by atoms with van der Waals surface area (Å²) in [7, 11) is 0. The average Bonchev–Trinajstić information content (AvgIpc) is 2.47. The Morgan fingerprint density at radius 3 is 1.30 bits per heavy atom. The monoisotopic (exact) mass is 272 g/mol. The van der Waals surface area contributed by atoms with Crippen LogP contribution in [0.3, 0.4) is 0 Å². The molecule has 0 amide bonds. The molecule has 0 aromatic carbocycles. The standard InChI is InChI=1S/C20H32/c1-3-5-7-9-11-13-15-17-19-20-18-16-14-12-10-8-6-4-2/h9,11-12,14-15,17-18,20H,1-8,10,13,16,19H2/b11-9-,14-12-,17-15-,20-18-. The fourth-order valence-electron chi connectivity index (χ4n) is 1.75. The third-order valence-electron chi connectivity index (χ3n) is 2.97. The molecule has 112 valence electrons. The molecule has 0 aliphatic rings. The Labute approximate surface area is 127 Å². The van der Waals surface area contributed by atoms with Gasteiger partial charge in [0.25, 0.3) is 0 Å². The zero-order chi connectivity index (χ0) is 14.7. The molecule has 2 radical (unpaired) electrons. The summed E-state index contributed by atoms with van der Waals surface area (Å²) in [5, 5.41) is 0. The molecule has 0 saturated carbocycles. The van der Waals surface area contributed by atoms with Crippen molar-refractivity contribution in [2.75, 3.05) is 0 Å². The summed E-state index contributed by atoms with van der Waals surface area (Å²) in [6.45, 7) is 7.67. The number of hydrogen-bond acceptors (Lipinski definition) is 0. The summed E-state index contributed by atoms with van der Waals surface area (Å²) in [6.07, 6.45) is 29.3. The first-order valence-electron chi connectivity index (χ1n) is 8.10. The third kappa shape index (κ3) is 17.0. The van der Waals surface area contributed by atoms with Crippen LogP contribution >= 0.6 is 0 Å². The van der Waals surface area contributed by atoms with Gasteiger partial charge in [-0.1, -0.05) is 81.7 Å². The molecule has 0 fully saturated rings. The van der Waals surface area contributed by atoms with Gasteiger partial charge in [-0.15, -0.1) is 0 Å². The minimum Gasteiger partial charge on any atom is -0.0882 e. The molecular weight excluding hydrogens is 240 g/mol. The zero-order valence-corrected chi connectivity index (χ0v) is 13.1. The van der Waals surface area contributed by atoms with Crippen LogP contribution in [-0.4, -0.2) is 0 Å². The lowest BCUT2D eigenvalue weighted by atomic mass is 10.2. The topological polar surface area (TPSA) is 0 Å². The van der Waals surface area contributed by atoms with Crippen LogP contribution in [0.25, 0.3) is 0 Å². The maximum Gasteiger partial charge on any atom is -0.0169 e. The van der Waals surface area contributed by atoms with Gasteiger partial charge in [0, 0.05) is 0 Å². The van der Waals surface area contributed by atoms with Gasteiger partial charge in [0.15, 0.2) is 0 Å². The van der Waals surface area contributed by atoms with Crippen LogP contribution in [0.2, 0.25) is 0 Å². The van der Waals surface area contributed by atoms with E-state index in [9.17, 15) is 0 Å². The van der Waals surface area contributed by atoms with E-state index in [1.165, 1.54) is 32.1 Å². The van der Waals surface area contributed by atoms with Crippen molar-refractivity contribution >= 4 is 0 Å². The molecule has 0 aliphatic heterocycles. The van der Waals surface area contributed by atoms with Crippen LogP contribution < -0.4 is 0 Å². The van der Waals surface area contributed by atoms with E-state index >= 15 is 0 Å². The van der Waals surface area contributed by atoms with E-state index in [2.05, 4.69) is 62.5 Å². The van der Waals surface area contributed by atoms with Gasteiger partial charge in [0.1, 0.15) is 0 Å². The van der Waals surface area contributed by atoms with E-state index < -0.39 is 0 Å². The molecule has 0 heterocycles. The Bertz CT molecular complexity index is 278. The maximum absolute atomic E-state index is 3.84. The molecule has 0 aliphatic carbocycles. The first-order valence-corrected chi connectivity index (χ1v) is 8.10. The largest absolute Gasteiger partial charge is 0.0882 e. The molecule has 0 atom stereocenters. The van der Waals surface area contributed by atoms with Crippen molar-refractivity contribution in [2.45, 2.75) is 64.2 Å². The molecule has 0 heteroatoms. The molecule has 0 bridgehead atoms. The van der Waals surface area contributed by atoms with E-state index in [4.69, 9.17) is 0 Å². The van der Waals surface area contributed by atoms with Crippen molar-refractivity contribution < 1.29 is 0 Å². The summed E-state index contributed by atoms with van der Waals surface area (Å²) >= 11 is 0. The van der Waals surface area contributed by atoms with Gasteiger partial charge < -0.3 is 0 Å². The Morgan fingerprint density at radius 1 is 0.450 bits per heavy atom. The van der Waals surface area contributed by atoms with Gasteiger partial charge >= 0.3 is 0 Å². The lowest BCUT2D eigenvalue weighted by Crippen LogP contribution is -1.70. The van der Waals surface area contributed by atoms with Crippen molar-refractivity contribution in [1.82, 2.24) is 0 Å². The highest BCUT2D eigenvalue weighted by Gasteiger charge is 1.81. The predicted molar refractivity (Wildman–Crippen MR) is 93.4 cm³/mol. The number of rotatable bonds is 13. The van der Waals surface area contributed by atoms with Crippen molar-refractivity contribution in [3.05, 3.63) is 62.5 Å². The van der Waals surface area contributed by atoms with Crippen molar-refractivity contribution in [2.24, 2.45) is 0 Å². The van der Waals surface area contributed by atoms with Gasteiger partial charge in [0.05, 0.1) is 0 Å². The second kappa shape index (κ2) is 18.0. The van der Waals surface area contributed by atoms with Crippen molar-refractivity contribution in [1.29, 1.82) is 0 Å². The maximum atomic E-state index is 3.84. The molecule has 0 aromatic rings. The number of allylic oxidation sites excluding steroid dienone is 8. The quantitative estimate of drug-likeness (QED) is 0.256. The second-order valence-corrected chi connectivity index (χ2v) is 4.94. The van der Waals surface area contributed by atoms with Gasteiger partial charge in [0.2, 0.25) is 0 Å². The minimum atomic E-state index is 1.04. The van der Waals surface area contributed by atoms with Gasteiger partial charge in [-0.3, -0.25) is 0 Å². The molecule has 0 unspecified atom stereocenters. The van der Waals surface area contributed by atoms with E-state index in [0.717, 1.165) is 32.1 Å². The van der Waals surface area contributed by atoms with E-state index in [1.54, 1.807) is 0 Å². The molecular formula is C20H32. The predicted octanol–water partition coefficient (Wildman–Crippen LogP) is 6.78. The summed E-state index contributed by atoms with van der Waals surface area (Å²) < 4.78 is 0. The first kappa shape index (κ1) is 19.0. The Morgan fingerprint density at radius 2 is 0.850 bits per heavy atom. The van der Waals surface area contributed by atoms with Gasteiger partial charge in [-0.25, -0.2) is 0 Å². The lowest BCUT2D eigenvalue weighted by Gasteiger charge is -1.90. The van der Waals surface area contributed by atoms with Crippen LogP contribution in [0.15, 0.2) is 48.6 Å². The fourth-order valence-corrected chi connectivity index (χ4v) is 1.75. The van der Waals surface area contributed by atoms with E-state index in [-0.39, 0.29) is 0 Å². The summed E-state index contributed by atoms with van der Waals surface area (Å²) in [5.41, 5.74) is 0.